The van der Waals surface area contributed by atoms with Crippen LogP contribution < -0.4 is 5.32 Å². The maximum absolute atomic E-state index is 11.9. The van der Waals surface area contributed by atoms with Gasteiger partial charge in [-0.15, -0.1) is 0 Å². The molecule has 1 aromatic carbocycles. The Balaban J connectivity index is 2.01. The van der Waals surface area contributed by atoms with Crippen molar-refractivity contribution in [3.05, 3.63) is 36.0 Å². The summed E-state index contributed by atoms with van der Waals surface area (Å²) < 4.78 is 0. The van der Waals surface area contributed by atoms with Crippen LogP contribution in [-0.2, 0) is 4.79 Å². The fourth-order valence-electron chi connectivity index (χ4n) is 3.41. The van der Waals surface area contributed by atoms with Crippen LogP contribution in [0.1, 0.15) is 107 Å². The number of carboxylic acid groups (broad SMARTS) is 1. The van der Waals surface area contributed by atoms with E-state index in [1.807, 2.05) is 0 Å². The minimum atomic E-state index is -1.10. The maximum Gasteiger partial charge on any atom is 0.335 e. The lowest BCUT2D eigenvalue weighted by molar-refractivity contribution is -0.114. The molecule has 0 spiro atoms. The molecule has 1 aromatic rings. The molecule has 1 rings (SSSR count). The van der Waals surface area contributed by atoms with Gasteiger partial charge in [-0.25, -0.2) is 4.79 Å². The molecule has 0 saturated carbocycles. The first-order valence-electron chi connectivity index (χ1n) is 11.6. The first kappa shape index (κ1) is 25.7. The Kier molecular flexibility index (Phi) is 14.1. The molecule has 5 nitrogen and oxygen atoms in total. The highest BCUT2D eigenvalue weighted by atomic mass is 16.4. The second-order valence-corrected chi connectivity index (χ2v) is 7.97. The zero-order valence-corrected chi connectivity index (χ0v) is 18.5. The van der Waals surface area contributed by atoms with Crippen LogP contribution in [0.5, 0.6) is 5.75 Å². The Morgan fingerprint density at radius 2 is 1.40 bits per heavy atom. The van der Waals surface area contributed by atoms with Gasteiger partial charge in [0.05, 0.1) is 11.3 Å². The number of unbranched alkanes of at least 4 members (excludes halogenated alkanes) is 12. The molecule has 0 bridgehead atoms. The quantitative estimate of drug-likeness (QED) is 0.135. The summed E-state index contributed by atoms with van der Waals surface area (Å²) in [6, 6.07) is 4.04. The van der Waals surface area contributed by atoms with E-state index in [1.54, 1.807) is 0 Å². The van der Waals surface area contributed by atoms with Crippen molar-refractivity contribution in [1.82, 2.24) is 0 Å². The summed E-state index contributed by atoms with van der Waals surface area (Å²) in [7, 11) is 0. The van der Waals surface area contributed by atoms with Crippen LogP contribution in [0.4, 0.5) is 5.69 Å². The van der Waals surface area contributed by atoms with Crippen LogP contribution in [0.25, 0.3) is 0 Å². The number of aromatic carboxylic acids is 1. The van der Waals surface area contributed by atoms with Crippen LogP contribution in [0.2, 0.25) is 0 Å². The van der Waals surface area contributed by atoms with Crippen LogP contribution >= 0.6 is 0 Å². The molecular formula is C25H39NO4. The van der Waals surface area contributed by atoms with Crippen LogP contribution in [0.15, 0.2) is 30.5 Å². The average Bonchev–Trinajstić information content (AvgIpc) is 2.72. The van der Waals surface area contributed by atoms with E-state index < -0.39 is 5.97 Å². The first-order chi connectivity index (χ1) is 14.5. The molecule has 3 N–H and O–H groups in total. The number of rotatable bonds is 18. The molecule has 0 fully saturated rings. The van der Waals surface area contributed by atoms with Crippen molar-refractivity contribution in [2.24, 2.45) is 0 Å². The number of allylic oxidation sites excluding steroid dienone is 1. The molecule has 0 aliphatic rings. The number of carboxylic acids is 1. The smallest absolute Gasteiger partial charge is 0.335 e. The molecule has 30 heavy (non-hydrogen) atoms. The Morgan fingerprint density at radius 3 is 1.90 bits per heavy atom. The van der Waals surface area contributed by atoms with E-state index in [0.29, 0.717) is 12.1 Å². The predicted molar refractivity (Wildman–Crippen MR) is 123 cm³/mol. The van der Waals surface area contributed by atoms with Crippen molar-refractivity contribution >= 4 is 17.4 Å². The molecular weight excluding hydrogens is 378 g/mol. The SMILES string of the molecule is CCCCCCCCCCCCCCCC(=O)/C=C/Nc1ccc(C(=O)O)cc1O. The van der Waals surface area contributed by atoms with E-state index >= 15 is 0 Å². The molecule has 0 unspecified atom stereocenters. The largest absolute Gasteiger partial charge is 0.506 e. The lowest BCUT2D eigenvalue weighted by atomic mass is 10.0. The van der Waals surface area contributed by atoms with Crippen molar-refractivity contribution in [3.63, 3.8) is 0 Å². The number of phenols is 1. The molecule has 168 valence electrons. The number of carbonyl (C=O) groups is 2. The number of hydrogen-bond donors (Lipinski definition) is 3. The highest BCUT2D eigenvalue weighted by molar-refractivity contribution is 5.90. The number of benzene rings is 1. The first-order valence-corrected chi connectivity index (χ1v) is 11.6. The summed E-state index contributed by atoms with van der Waals surface area (Å²) in [6.45, 7) is 2.25. The second-order valence-electron chi connectivity index (χ2n) is 7.97. The van der Waals surface area contributed by atoms with E-state index in [9.17, 15) is 14.7 Å². The topological polar surface area (TPSA) is 86.6 Å². The molecule has 0 aliphatic carbocycles. The molecule has 0 amide bonds. The Labute approximate surface area is 181 Å². The lowest BCUT2D eigenvalue weighted by Gasteiger charge is -2.05. The normalized spacial score (nSPS) is 11.1. The summed E-state index contributed by atoms with van der Waals surface area (Å²) in [5.41, 5.74) is 0.380. The number of aromatic hydroxyl groups is 1. The lowest BCUT2D eigenvalue weighted by Crippen LogP contribution is -1.98. The third kappa shape index (κ3) is 12.3. The minimum Gasteiger partial charge on any atom is -0.506 e. The molecule has 0 aromatic heterocycles. The minimum absolute atomic E-state index is 0.0144. The Morgan fingerprint density at radius 1 is 0.867 bits per heavy atom. The summed E-state index contributed by atoms with van der Waals surface area (Å²) in [5, 5.41) is 21.5. The fourth-order valence-corrected chi connectivity index (χ4v) is 3.41. The number of anilines is 1. The Hall–Kier alpha value is -2.30. The van der Waals surface area contributed by atoms with Gasteiger partial charge >= 0.3 is 5.97 Å². The second kappa shape index (κ2) is 16.5. The number of phenolic OH excluding ortho intramolecular Hbond substituents is 1. The van der Waals surface area contributed by atoms with Gasteiger partial charge < -0.3 is 15.5 Å². The van der Waals surface area contributed by atoms with Crippen molar-refractivity contribution in [2.45, 2.75) is 96.8 Å². The predicted octanol–water partition coefficient (Wildman–Crippen LogP) is 7.07. The van der Waals surface area contributed by atoms with Gasteiger partial charge in [0, 0.05) is 12.6 Å². The van der Waals surface area contributed by atoms with E-state index in [-0.39, 0.29) is 17.1 Å². The number of hydrogen-bond acceptors (Lipinski definition) is 4. The van der Waals surface area contributed by atoms with E-state index in [4.69, 9.17) is 5.11 Å². The number of ketones is 1. The molecule has 0 atom stereocenters. The molecule has 0 saturated heterocycles. The summed E-state index contributed by atoms with van der Waals surface area (Å²) in [6.07, 6.45) is 20.1. The van der Waals surface area contributed by atoms with Crippen LogP contribution in [0, 0.1) is 0 Å². The van der Waals surface area contributed by atoms with Gasteiger partial charge in [0.2, 0.25) is 0 Å². The van der Waals surface area contributed by atoms with Crippen LogP contribution in [0.3, 0.4) is 0 Å². The highest BCUT2D eigenvalue weighted by Gasteiger charge is 2.06. The standard InChI is InChI=1S/C25H39NO4/c1-2-3-4-5-6-7-8-9-10-11-12-13-14-15-22(27)18-19-26-23-17-16-21(25(29)30)20-24(23)28/h16-20,26,28H,2-15H2,1H3,(H,29,30)/b19-18+. The maximum atomic E-state index is 11.9. The van der Waals surface area contributed by atoms with Crippen molar-refractivity contribution in [2.75, 3.05) is 5.32 Å². The fraction of sp³-hybridized carbons (Fsp3) is 0.600. The van der Waals surface area contributed by atoms with Gasteiger partial charge in [0.25, 0.3) is 0 Å². The van der Waals surface area contributed by atoms with Gasteiger partial charge in [0.1, 0.15) is 5.75 Å². The van der Waals surface area contributed by atoms with Gasteiger partial charge in [-0.2, -0.15) is 0 Å². The van der Waals surface area contributed by atoms with Gasteiger partial charge in [-0.3, -0.25) is 4.79 Å². The molecule has 0 radical (unpaired) electrons. The highest BCUT2D eigenvalue weighted by Crippen LogP contribution is 2.24. The van der Waals surface area contributed by atoms with Gasteiger partial charge in [-0.1, -0.05) is 84.0 Å². The number of carbonyl (C=O) groups excluding carboxylic acids is 1. The molecule has 0 aliphatic heterocycles. The van der Waals surface area contributed by atoms with Crippen molar-refractivity contribution < 1.29 is 19.8 Å². The average molecular weight is 418 g/mol. The summed E-state index contributed by atoms with van der Waals surface area (Å²) in [4.78, 5) is 22.7. The van der Waals surface area contributed by atoms with Gasteiger partial charge in [0.15, 0.2) is 5.78 Å². The Bertz CT molecular complexity index is 655. The van der Waals surface area contributed by atoms with Crippen molar-refractivity contribution in [1.29, 1.82) is 0 Å². The third-order valence-corrected chi connectivity index (χ3v) is 5.28. The molecule has 0 heterocycles. The van der Waals surface area contributed by atoms with Gasteiger partial charge in [-0.05, 0) is 30.7 Å². The van der Waals surface area contributed by atoms with E-state index in [1.165, 1.54) is 101 Å². The zero-order chi connectivity index (χ0) is 22.0. The summed E-state index contributed by atoms with van der Waals surface area (Å²) >= 11 is 0. The van der Waals surface area contributed by atoms with Crippen molar-refractivity contribution in [3.8, 4) is 5.75 Å². The van der Waals surface area contributed by atoms with E-state index in [2.05, 4.69) is 12.2 Å². The monoisotopic (exact) mass is 417 g/mol. The third-order valence-electron chi connectivity index (χ3n) is 5.28. The molecule has 5 heteroatoms. The zero-order valence-electron chi connectivity index (χ0n) is 18.5. The van der Waals surface area contributed by atoms with Crippen LogP contribution in [-0.4, -0.2) is 22.0 Å². The number of nitrogens with one attached hydrogen (secondary N) is 1. The van der Waals surface area contributed by atoms with E-state index in [0.717, 1.165) is 12.8 Å². The summed E-state index contributed by atoms with van der Waals surface area (Å²) in [5.74, 6) is -1.21.